The number of rotatable bonds is 2. The van der Waals surface area contributed by atoms with Crippen LogP contribution in [0.5, 0.6) is 0 Å². The zero-order valence-corrected chi connectivity index (χ0v) is 16.3. The van der Waals surface area contributed by atoms with Crippen LogP contribution in [0.25, 0.3) is 0 Å². The smallest absolute Gasteiger partial charge is 0.140 e. The van der Waals surface area contributed by atoms with Crippen LogP contribution < -0.4 is 10.2 Å². The number of hydrogen-bond donors (Lipinski definition) is 2. The van der Waals surface area contributed by atoms with Gasteiger partial charge >= 0.3 is 0 Å². The van der Waals surface area contributed by atoms with E-state index in [1.54, 1.807) is 6.33 Å². The Hall–Kier alpha value is -1.69. The number of fused-ring (bicyclic) bond motifs is 3. The fourth-order valence-corrected chi connectivity index (χ4v) is 5.40. The number of hydrogen-bond acceptors (Lipinski definition) is 5. The Morgan fingerprint density at radius 2 is 2.11 bits per heavy atom. The van der Waals surface area contributed by atoms with Gasteiger partial charge in [-0.1, -0.05) is 19.1 Å². The summed E-state index contributed by atoms with van der Waals surface area (Å²) in [5, 5.41) is 13.9. The van der Waals surface area contributed by atoms with Crippen LogP contribution in [-0.4, -0.2) is 34.7 Å². The number of aromatic nitrogens is 2. The lowest BCUT2D eigenvalue weighted by atomic mass is 9.74. The maximum atomic E-state index is 10.4. The minimum atomic E-state index is -0.481. The van der Waals surface area contributed by atoms with Crippen molar-refractivity contribution in [2.45, 2.75) is 49.5 Å². The molecule has 0 amide bonds. The number of aliphatic hydroxyl groups is 1. The molecule has 1 aromatic heterocycles. The summed E-state index contributed by atoms with van der Waals surface area (Å²) in [6.07, 6.45) is 4.09. The number of anilines is 2. The van der Waals surface area contributed by atoms with E-state index < -0.39 is 6.10 Å². The van der Waals surface area contributed by atoms with Crippen molar-refractivity contribution < 1.29 is 5.11 Å². The molecule has 3 heterocycles. The summed E-state index contributed by atoms with van der Waals surface area (Å²) in [5.74, 6) is 1.77. The molecule has 1 saturated heterocycles. The van der Waals surface area contributed by atoms with E-state index in [1.165, 1.54) is 16.8 Å². The number of aliphatic hydroxyl groups excluding tert-OH is 1. The van der Waals surface area contributed by atoms with Gasteiger partial charge in [-0.25, -0.2) is 9.97 Å². The van der Waals surface area contributed by atoms with Gasteiger partial charge in [-0.05, 0) is 55.5 Å². The first kappa shape index (κ1) is 17.4. The SMILES string of the molecule is C[C@@H]1C[C@@H](O)c2ncnc(N3CC4(CCNCC4)c4cc(CCl)ccc43)c21. The van der Waals surface area contributed by atoms with Crippen LogP contribution in [0.1, 0.15) is 60.6 Å². The summed E-state index contributed by atoms with van der Waals surface area (Å²) in [6.45, 7) is 5.17. The first-order valence-electron chi connectivity index (χ1n) is 9.83. The lowest BCUT2D eigenvalue weighted by Crippen LogP contribution is -2.42. The molecule has 0 saturated carbocycles. The van der Waals surface area contributed by atoms with E-state index in [4.69, 9.17) is 16.6 Å². The van der Waals surface area contributed by atoms with Gasteiger partial charge in [-0.2, -0.15) is 0 Å². The molecule has 1 aliphatic carbocycles. The predicted octanol–water partition coefficient (Wildman–Crippen LogP) is 3.53. The number of nitrogens with zero attached hydrogens (tertiary/aromatic N) is 3. The Bertz CT molecular complexity index is 880. The molecule has 1 aromatic carbocycles. The number of halogens is 1. The molecule has 0 radical (unpaired) electrons. The van der Waals surface area contributed by atoms with E-state index in [-0.39, 0.29) is 11.3 Å². The van der Waals surface area contributed by atoms with Crippen molar-refractivity contribution in [1.29, 1.82) is 0 Å². The first-order chi connectivity index (χ1) is 13.1. The Morgan fingerprint density at radius 1 is 1.30 bits per heavy atom. The van der Waals surface area contributed by atoms with Gasteiger partial charge < -0.3 is 15.3 Å². The van der Waals surface area contributed by atoms with Crippen molar-refractivity contribution in [2.75, 3.05) is 24.5 Å². The molecular formula is C21H25ClN4O. The molecule has 1 fully saturated rings. The van der Waals surface area contributed by atoms with Gasteiger partial charge in [0, 0.05) is 29.1 Å². The first-order valence-corrected chi connectivity index (χ1v) is 10.4. The highest BCUT2D eigenvalue weighted by molar-refractivity contribution is 6.17. The summed E-state index contributed by atoms with van der Waals surface area (Å²) >= 11 is 6.15. The Kier molecular flexibility index (Phi) is 4.15. The van der Waals surface area contributed by atoms with Crippen molar-refractivity contribution in [3.05, 3.63) is 46.9 Å². The minimum absolute atomic E-state index is 0.140. The molecule has 1 spiro atoms. The third-order valence-electron chi connectivity index (χ3n) is 6.63. The molecule has 2 atom stereocenters. The second kappa shape index (κ2) is 6.43. The molecule has 5 nitrogen and oxygen atoms in total. The molecule has 2 N–H and O–H groups in total. The number of piperidine rings is 1. The van der Waals surface area contributed by atoms with Gasteiger partial charge in [0.25, 0.3) is 0 Å². The van der Waals surface area contributed by atoms with E-state index in [9.17, 15) is 5.11 Å². The average molecular weight is 385 g/mol. The van der Waals surface area contributed by atoms with Crippen molar-refractivity contribution >= 4 is 23.1 Å². The highest BCUT2D eigenvalue weighted by Crippen LogP contribution is 2.52. The van der Waals surface area contributed by atoms with Crippen LogP contribution in [0.3, 0.4) is 0 Å². The second-order valence-electron chi connectivity index (χ2n) is 8.25. The standard InChI is InChI=1S/C21H25ClN4O/c1-13-8-17(27)19-18(13)20(25-12-24-19)26-11-21(4-6-23-7-5-21)15-9-14(10-22)2-3-16(15)26/h2-3,9,12-13,17,23,27H,4-8,10-11H2,1H3/t13-,17-/m1/s1. The molecule has 142 valence electrons. The largest absolute Gasteiger partial charge is 0.387 e. The van der Waals surface area contributed by atoms with Crippen LogP contribution in [-0.2, 0) is 11.3 Å². The normalized spacial score (nSPS) is 25.7. The zero-order chi connectivity index (χ0) is 18.6. The van der Waals surface area contributed by atoms with Crippen molar-refractivity contribution in [3.8, 4) is 0 Å². The summed E-state index contributed by atoms with van der Waals surface area (Å²) in [7, 11) is 0. The van der Waals surface area contributed by atoms with Gasteiger partial charge in [0.2, 0.25) is 0 Å². The summed E-state index contributed by atoms with van der Waals surface area (Å²) in [6, 6.07) is 6.63. The molecule has 6 heteroatoms. The molecule has 27 heavy (non-hydrogen) atoms. The van der Waals surface area contributed by atoms with Crippen LogP contribution in [0.2, 0.25) is 0 Å². The maximum absolute atomic E-state index is 10.4. The van der Waals surface area contributed by atoms with Gasteiger partial charge in [-0.3, -0.25) is 0 Å². The summed E-state index contributed by atoms with van der Waals surface area (Å²) < 4.78 is 0. The lowest BCUT2D eigenvalue weighted by molar-refractivity contribution is 0.170. The van der Waals surface area contributed by atoms with E-state index in [1.807, 2.05) is 0 Å². The molecule has 3 aliphatic rings. The van der Waals surface area contributed by atoms with Crippen molar-refractivity contribution in [1.82, 2.24) is 15.3 Å². The fraction of sp³-hybridized carbons (Fsp3) is 0.524. The van der Waals surface area contributed by atoms with Crippen molar-refractivity contribution in [3.63, 3.8) is 0 Å². The number of benzene rings is 1. The maximum Gasteiger partial charge on any atom is 0.140 e. The number of nitrogens with one attached hydrogen (secondary N) is 1. The Morgan fingerprint density at radius 3 is 2.89 bits per heavy atom. The fourth-order valence-electron chi connectivity index (χ4n) is 5.24. The quantitative estimate of drug-likeness (QED) is 0.775. The Labute approximate surface area is 164 Å². The molecular weight excluding hydrogens is 360 g/mol. The highest BCUT2D eigenvalue weighted by Gasteiger charge is 2.45. The van der Waals surface area contributed by atoms with Gasteiger partial charge in [0.15, 0.2) is 0 Å². The number of alkyl halides is 1. The van der Waals surface area contributed by atoms with Gasteiger partial charge in [-0.15, -0.1) is 11.6 Å². The topological polar surface area (TPSA) is 61.3 Å². The third-order valence-corrected chi connectivity index (χ3v) is 6.94. The Balaban J connectivity index is 1.66. The monoisotopic (exact) mass is 384 g/mol. The van der Waals surface area contributed by atoms with E-state index in [0.29, 0.717) is 5.88 Å². The predicted molar refractivity (Wildman–Crippen MR) is 107 cm³/mol. The second-order valence-corrected chi connectivity index (χ2v) is 8.52. The highest BCUT2D eigenvalue weighted by atomic mass is 35.5. The molecule has 0 bridgehead atoms. The van der Waals surface area contributed by atoms with Crippen molar-refractivity contribution in [2.24, 2.45) is 0 Å². The van der Waals surface area contributed by atoms with E-state index >= 15 is 0 Å². The van der Waals surface area contributed by atoms with Gasteiger partial charge in [0.1, 0.15) is 12.1 Å². The summed E-state index contributed by atoms with van der Waals surface area (Å²) in [4.78, 5) is 11.5. The minimum Gasteiger partial charge on any atom is -0.387 e. The van der Waals surface area contributed by atoms with E-state index in [2.05, 4.69) is 40.3 Å². The van der Waals surface area contributed by atoms with Gasteiger partial charge in [0.05, 0.1) is 11.8 Å². The van der Waals surface area contributed by atoms with Crippen LogP contribution in [0.4, 0.5) is 11.5 Å². The summed E-state index contributed by atoms with van der Waals surface area (Å²) in [5.41, 5.74) is 5.87. The van der Waals surface area contributed by atoms with Crippen LogP contribution >= 0.6 is 11.6 Å². The lowest BCUT2D eigenvalue weighted by Gasteiger charge is -2.35. The van der Waals surface area contributed by atoms with E-state index in [0.717, 1.165) is 56.0 Å². The average Bonchev–Trinajstić information content (AvgIpc) is 3.17. The molecule has 2 aromatic rings. The van der Waals surface area contributed by atoms with Crippen LogP contribution in [0, 0.1) is 0 Å². The molecule has 5 rings (SSSR count). The van der Waals surface area contributed by atoms with Crippen LogP contribution in [0.15, 0.2) is 24.5 Å². The third kappa shape index (κ3) is 2.59. The molecule has 2 aliphatic heterocycles. The molecule has 0 unspecified atom stereocenters. The zero-order valence-electron chi connectivity index (χ0n) is 15.6.